The number of allylic oxidation sites excluding steroid dienone is 1. The number of β-lactam (4-membered cyclic amide) rings is 1. The van der Waals surface area contributed by atoms with Gasteiger partial charge >= 0.3 is 0 Å². The van der Waals surface area contributed by atoms with Gasteiger partial charge in [0.05, 0.1) is 18.1 Å². The molecule has 118 valence electrons. The maximum Gasteiger partial charge on any atom is 0.249 e. The van der Waals surface area contributed by atoms with Gasteiger partial charge in [-0.15, -0.1) is 11.6 Å². The van der Waals surface area contributed by atoms with Crippen LogP contribution in [0.1, 0.15) is 20.8 Å². The molecule has 0 N–H and O–H groups in total. The van der Waals surface area contributed by atoms with E-state index in [0.29, 0.717) is 5.57 Å². The third-order valence-electron chi connectivity index (χ3n) is 3.51. The Kier molecular flexibility index (Phi) is 3.97. The number of alkyl halides is 1. The van der Waals surface area contributed by atoms with Gasteiger partial charge in [-0.05, 0) is 5.57 Å². The van der Waals surface area contributed by atoms with Crippen molar-refractivity contribution in [1.82, 2.24) is 4.90 Å². The molecule has 0 aromatic rings. The summed E-state index contributed by atoms with van der Waals surface area (Å²) >= 11 is 5.83. The van der Waals surface area contributed by atoms with Crippen LogP contribution in [-0.4, -0.2) is 55.2 Å². The zero-order valence-electron chi connectivity index (χ0n) is 12.3. The van der Waals surface area contributed by atoms with Crippen molar-refractivity contribution in [2.75, 3.05) is 19.5 Å². The Morgan fingerprint density at radius 2 is 2.00 bits per heavy atom. The number of carbonyl (C=O) groups is 2. The number of carbonyl (C=O) groups excluding carboxylic acids is 2. The Hall–Kier alpha value is -0.920. The second kappa shape index (κ2) is 5.07. The summed E-state index contributed by atoms with van der Waals surface area (Å²) < 4.78 is 29.4. The van der Waals surface area contributed by atoms with E-state index >= 15 is 0 Å². The first-order valence-electron chi connectivity index (χ1n) is 6.47. The van der Waals surface area contributed by atoms with E-state index in [2.05, 4.69) is 0 Å². The molecule has 0 bridgehead atoms. The van der Waals surface area contributed by atoms with Crippen LogP contribution in [0.15, 0.2) is 11.3 Å². The SMILES string of the molecule is COCC1=C(C(=O)C(C)(C)C)N2C(=O)[C@H](Cl)[C@@H]2S(=O)(=O)C1. The number of ether oxygens (including phenoxy) is 1. The molecule has 6 nitrogen and oxygen atoms in total. The molecule has 0 saturated carbocycles. The van der Waals surface area contributed by atoms with Crippen LogP contribution in [0.3, 0.4) is 0 Å². The number of methoxy groups -OCH3 is 1. The number of halogens is 1. The number of hydrogen-bond donors (Lipinski definition) is 0. The number of nitrogens with zero attached hydrogens (tertiary/aromatic N) is 1. The van der Waals surface area contributed by atoms with Crippen molar-refractivity contribution >= 4 is 33.1 Å². The summed E-state index contributed by atoms with van der Waals surface area (Å²) in [6.07, 6.45) is 0. The predicted octanol–water partition coefficient (Wildman–Crippen LogP) is 0.706. The molecule has 2 rings (SSSR count). The lowest BCUT2D eigenvalue weighted by Crippen LogP contribution is -2.68. The normalized spacial score (nSPS) is 28.2. The van der Waals surface area contributed by atoms with Crippen LogP contribution >= 0.6 is 11.6 Å². The maximum atomic E-state index is 12.6. The van der Waals surface area contributed by atoms with Gasteiger partial charge in [-0.1, -0.05) is 20.8 Å². The zero-order chi connectivity index (χ0) is 16.2. The van der Waals surface area contributed by atoms with Crippen molar-refractivity contribution in [2.45, 2.75) is 31.5 Å². The number of ketones is 1. The Morgan fingerprint density at radius 1 is 1.43 bits per heavy atom. The molecule has 1 saturated heterocycles. The van der Waals surface area contributed by atoms with E-state index in [1.54, 1.807) is 20.8 Å². The second-order valence-corrected chi connectivity index (χ2v) is 8.84. The lowest BCUT2D eigenvalue weighted by Gasteiger charge is -2.48. The summed E-state index contributed by atoms with van der Waals surface area (Å²) in [5.74, 6) is -1.15. The smallest absolute Gasteiger partial charge is 0.249 e. The number of hydrogen-bond acceptors (Lipinski definition) is 5. The summed E-state index contributed by atoms with van der Waals surface area (Å²) in [7, 11) is -2.20. The van der Waals surface area contributed by atoms with Crippen molar-refractivity contribution in [3.8, 4) is 0 Å². The Morgan fingerprint density at radius 3 is 2.48 bits per heavy atom. The highest BCUT2D eigenvalue weighted by Crippen LogP contribution is 2.41. The van der Waals surface area contributed by atoms with Crippen LogP contribution in [0, 0.1) is 5.41 Å². The van der Waals surface area contributed by atoms with Gasteiger partial charge < -0.3 is 4.74 Å². The van der Waals surface area contributed by atoms with Gasteiger partial charge in [0.15, 0.2) is 21.0 Å². The Bertz CT molecular complexity index is 631. The molecule has 0 aromatic carbocycles. The van der Waals surface area contributed by atoms with E-state index in [4.69, 9.17) is 16.3 Å². The summed E-state index contributed by atoms with van der Waals surface area (Å²) in [6, 6.07) is 0. The van der Waals surface area contributed by atoms with E-state index in [1.807, 2.05) is 0 Å². The van der Waals surface area contributed by atoms with Crippen LogP contribution < -0.4 is 0 Å². The Balaban J connectivity index is 2.59. The van der Waals surface area contributed by atoms with Gasteiger partial charge in [0, 0.05) is 12.5 Å². The third kappa shape index (κ3) is 2.51. The number of amides is 1. The molecule has 2 aliphatic heterocycles. The molecule has 0 spiro atoms. The van der Waals surface area contributed by atoms with Gasteiger partial charge in [0.25, 0.3) is 0 Å². The van der Waals surface area contributed by atoms with Crippen LogP contribution in [0.5, 0.6) is 0 Å². The number of Topliss-reactive ketones (excluding diaryl/α,β-unsaturated/α-hetero) is 1. The average molecular weight is 336 g/mol. The number of rotatable bonds is 3. The van der Waals surface area contributed by atoms with E-state index in [-0.39, 0.29) is 23.8 Å². The van der Waals surface area contributed by atoms with Crippen molar-refractivity contribution in [3.63, 3.8) is 0 Å². The second-order valence-electron chi connectivity index (χ2n) is 6.27. The van der Waals surface area contributed by atoms with Gasteiger partial charge in [-0.2, -0.15) is 0 Å². The van der Waals surface area contributed by atoms with Crippen molar-refractivity contribution in [3.05, 3.63) is 11.3 Å². The van der Waals surface area contributed by atoms with Crippen LogP contribution in [0.25, 0.3) is 0 Å². The molecule has 8 heteroatoms. The Labute approximate surface area is 129 Å². The van der Waals surface area contributed by atoms with Gasteiger partial charge in [-0.25, -0.2) is 8.42 Å². The molecule has 21 heavy (non-hydrogen) atoms. The van der Waals surface area contributed by atoms with Crippen LogP contribution in [0.4, 0.5) is 0 Å². The molecule has 2 atom stereocenters. The highest BCUT2D eigenvalue weighted by atomic mass is 35.5. The third-order valence-corrected chi connectivity index (χ3v) is 6.06. The quantitative estimate of drug-likeness (QED) is 0.560. The fourth-order valence-electron chi connectivity index (χ4n) is 2.49. The predicted molar refractivity (Wildman–Crippen MR) is 77.4 cm³/mol. The molecule has 1 amide bonds. The molecule has 0 unspecified atom stereocenters. The molecule has 0 aromatic heterocycles. The van der Waals surface area contributed by atoms with Gasteiger partial charge in [-0.3, -0.25) is 14.5 Å². The summed E-state index contributed by atoms with van der Waals surface area (Å²) in [5, 5.41) is -2.27. The fraction of sp³-hybridized carbons (Fsp3) is 0.692. The van der Waals surface area contributed by atoms with E-state index in [0.717, 1.165) is 4.90 Å². The van der Waals surface area contributed by atoms with Crippen molar-refractivity contribution < 1.29 is 22.7 Å². The van der Waals surface area contributed by atoms with Gasteiger partial charge in [0.1, 0.15) is 5.38 Å². The number of fused-ring (bicyclic) bond motifs is 1. The molecular weight excluding hydrogens is 318 g/mol. The maximum absolute atomic E-state index is 12.6. The molecule has 0 aliphatic carbocycles. The van der Waals surface area contributed by atoms with E-state index in [9.17, 15) is 18.0 Å². The lowest BCUT2D eigenvalue weighted by molar-refractivity contribution is -0.142. The molecule has 0 radical (unpaired) electrons. The van der Waals surface area contributed by atoms with Crippen LogP contribution in [-0.2, 0) is 24.2 Å². The standard InChI is InChI=1S/C13H18ClNO5S/c1-13(2,3)10(16)9-7(5-20-4)6-21(18,19)12-8(14)11(17)15(9)12/h8,12H,5-6H2,1-4H3/t8-,12-/m0/s1. The first-order valence-corrected chi connectivity index (χ1v) is 8.62. The van der Waals surface area contributed by atoms with Gasteiger partial charge in [0.2, 0.25) is 5.91 Å². The molecule has 2 heterocycles. The highest BCUT2D eigenvalue weighted by Gasteiger charge is 2.59. The minimum Gasteiger partial charge on any atom is -0.380 e. The lowest BCUT2D eigenvalue weighted by atomic mass is 9.86. The summed E-state index contributed by atoms with van der Waals surface area (Å²) in [5.41, 5.74) is -0.297. The topological polar surface area (TPSA) is 80.8 Å². The minimum atomic E-state index is -3.61. The minimum absolute atomic E-state index is 0.0141. The van der Waals surface area contributed by atoms with Crippen molar-refractivity contribution in [2.24, 2.45) is 5.41 Å². The fourth-order valence-corrected chi connectivity index (χ4v) is 5.06. The molecule has 1 fully saturated rings. The number of sulfone groups is 1. The first-order chi connectivity index (χ1) is 9.52. The van der Waals surface area contributed by atoms with E-state index < -0.39 is 31.9 Å². The highest BCUT2D eigenvalue weighted by molar-refractivity contribution is 7.92. The first kappa shape index (κ1) is 16.5. The molecular formula is C13H18ClNO5S. The zero-order valence-corrected chi connectivity index (χ0v) is 13.9. The molecule has 2 aliphatic rings. The summed E-state index contributed by atoms with van der Waals surface area (Å²) in [4.78, 5) is 25.6. The monoisotopic (exact) mass is 335 g/mol. The summed E-state index contributed by atoms with van der Waals surface area (Å²) in [6.45, 7) is 5.13. The van der Waals surface area contributed by atoms with Crippen LogP contribution in [0.2, 0.25) is 0 Å². The van der Waals surface area contributed by atoms with Crippen molar-refractivity contribution in [1.29, 1.82) is 0 Å². The van der Waals surface area contributed by atoms with E-state index in [1.165, 1.54) is 7.11 Å². The average Bonchev–Trinajstić information content (AvgIpc) is 2.35. The largest absolute Gasteiger partial charge is 0.380 e.